The molecule has 10 heteroatoms. The number of nitrogens with one attached hydrogen (secondary N) is 1. The van der Waals surface area contributed by atoms with Crippen LogP contribution in [-0.4, -0.2) is 26.6 Å². The van der Waals surface area contributed by atoms with E-state index in [4.69, 9.17) is 6.57 Å². The average molecular weight is 414 g/mol. The van der Waals surface area contributed by atoms with E-state index >= 15 is 0 Å². The summed E-state index contributed by atoms with van der Waals surface area (Å²) in [5, 5.41) is 12.4. The zero-order valence-corrected chi connectivity index (χ0v) is 15.2. The SMILES string of the molecule is [C-]#[N+]c1ccc(NC(=O)[C@](C)(O)C[S@@](=O)c2ccc(F)cc2)cc1C(F)(F)F. The van der Waals surface area contributed by atoms with Crippen LogP contribution in [0.15, 0.2) is 47.4 Å². The molecular weight excluding hydrogens is 400 g/mol. The van der Waals surface area contributed by atoms with Crippen molar-refractivity contribution >= 4 is 28.1 Å². The molecule has 2 aromatic rings. The highest BCUT2D eigenvalue weighted by Gasteiger charge is 2.36. The Labute approximate surface area is 160 Å². The molecule has 148 valence electrons. The standard InChI is InChI=1S/C18H14F4N2O3S/c1-17(26,10-28(27)13-6-3-11(19)4-7-13)16(25)24-12-5-8-15(23-2)14(9-12)18(20,21)22/h3-9,26H,10H2,1H3,(H,24,25)/t17-,28-/m1/s1. The lowest BCUT2D eigenvalue weighted by atomic mass is 10.1. The Kier molecular flexibility index (Phi) is 6.21. The Morgan fingerprint density at radius 1 is 1.21 bits per heavy atom. The first-order chi connectivity index (χ1) is 12.9. The Balaban J connectivity index is 2.18. The van der Waals surface area contributed by atoms with Gasteiger partial charge in [-0.2, -0.15) is 13.2 Å². The molecule has 0 radical (unpaired) electrons. The van der Waals surface area contributed by atoms with E-state index in [1.807, 2.05) is 0 Å². The van der Waals surface area contributed by atoms with Gasteiger partial charge in [-0.15, -0.1) is 0 Å². The molecule has 0 aliphatic rings. The normalized spacial score (nSPS) is 14.6. The highest BCUT2D eigenvalue weighted by atomic mass is 32.2. The van der Waals surface area contributed by atoms with Crippen molar-refractivity contribution < 1.29 is 31.7 Å². The van der Waals surface area contributed by atoms with Gasteiger partial charge in [0.1, 0.15) is 5.82 Å². The number of aliphatic hydroxyl groups is 1. The van der Waals surface area contributed by atoms with E-state index in [0.29, 0.717) is 6.07 Å². The van der Waals surface area contributed by atoms with Crippen LogP contribution in [0.3, 0.4) is 0 Å². The molecule has 0 aromatic heterocycles. The Morgan fingerprint density at radius 3 is 2.36 bits per heavy atom. The Morgan fingerprint density at radius 2 is 1.82 bits per heavy atom. The zero-order valence-electron chi connectivity index (χ0n) is 14.4. The van der Waals surface area contributed by atoms with Crippen LogP contribution in [0.4, 0.5) is 28.9 Å². The first-order valence-electron chi connectivity index (χ1n) is 7.70. The molecule has 2 aromatic carbocycles. The maximum atomic E-state index is 13.0. The van der Waals surface area contributed by atoms with E-state index in [2.05, 4.69) is 10.2 Å². The zero-order chi connectivity index (χ0) is 21.1. The Hall–Kier alpha value is -2.77. The van der Waals surface area contributed by atoms with Gasteiger partial charge in [0.05, 0.1) is 28.7 Å². The van der Waals surface area contributed by atoms with Crippen molar-refractivity contribution in [1.82, 2.24) is 0 Å². The minimum absolute atomic E-state index is 0.176. The number of benzene rings is 2. The van der Waals surface area contributed by atoms with Crippen LogP contribution in [0, 0.1) is 12.4 Å². The maximum absolute atomic E-state index is 13.0. The molecule has 0 saturated heterocycles. The second-order valence-electron chi connectivity index (χ2n) is 6.01. The van der Waals surface area contributed by atoms with E-state index in [9.17, 15) is 31.7 Å². The molecule has 0 heterocycles. The van der Waals surface area contributed by atoms with Gasteiger partial charge < -0.3 is 10.4 Å². The number of amides is 1. The monoisotopic (exact) mass is 414 g/mol. The molecule has 0 bridgehead atoms. The highest BCUT2D eigenvalue weighted by molar-refractivity contribution is 7.85. The van der Waals surface area contributed by atoms with Gasteiger partial charge in [-0.1, -0.05) is 6.07 Å². The molecule has 2 rings (SSSR count). The molecule has 0 aliphatic carbocycles. The second kappa shape index (κ2) is 8.08. The third kappa shape index (κ3) is 5.15. The number of hydrogen-bond acceptors (Lipinski definition) is 3. The average Bonchev–Trinajstić information content (AvgIpc) is 2.61. The predicted molar refractivity (Wildman–Crippen MR) is 94.6 cm³/mol. The number of alkyl halides is 3. The topological polar surface area (TPSA) is 70.8 Å². The molecule has 2 N–H and O–H groups in total. The third-order valence-corrected chi connectivity index (χ3v) is 5.28. The van der Waals surface area contributed by atoms with Gasteiger partial charge in [0.2, 0.25) is 0 Å². The smallest absolute Gasteiger partial charge is 0.379 e. The fraction of sp³-hybridized carbons (Fsp3) is 0.222. The van der Waals surface area contributed by atoms with Crippen molar-refractivity contribution in [1.29, 1.82) is 0 Å². The first kappa shape index (κ1) is 21.5. The van der Waals surface area contributed by atoms with Gasteiger partial charge in [0, 0.05) is 10.6 Å². The van der Waals surface area contributed by atoms with Crippen molar-refractivity contribution in [3.63, 3.8) is 0 Å². The van der Waals surface area contributed by atoms with Crippen molar-refractivity contribution in [2.75, 3.05) is 11.1 Å². The summed E-state index contributed by atoms with van der Waals surface area (Å²) < 4.78 is 64.2. The predicted octanol–water partition coefficient (Wildman–Crippen LogP) is 3.89. The van der Waals surface area contributed by atoms with Crippen LogP contribution in [0.25, 0.3) is 4.85 Å². The molecule has 2 atom stereocenters. The lowest BCUT2D eigenvalue weighted by Gasteiger charge is -2.22. The molecule has 0 unspecified atom stereocenters. The van der Waals surface area contributed by atoms with Crippen LogP contribution in [0.5, 0.6) is 0 Å². The molecule has 0 saturated carbocycles. The molecule has 0 spiro atoms. The van der Waals surface area contributed by atoms with Crippen LogP contribution in [0.2, 0.25) is 0 Å². The van der Waals surface area contributed by atoms with E-state index < -0.39 is 51.3 Å². The summed E-state index contributed by atoms with van der Waals surface area (Å²) in [5.74, 6) is -2.18. The van der Waals surface area contributed by atoms with Crippen molar-refractivity contribution in [2.45, 2.75) is 23.6 Å². The highest BCUT2D eigenvalue weighted by Crippen LogP contribution is 2.38. The number of nitrogens with zero attached hydrogens (tertiary/aromatic N) is 1. The Bertz CT molecular complexity index is 951. The van der Waals surface area contributed by atoms with Crippen LogP contribution >= 0.6 is 0 Å². The van der Waals surface area contributed by atoms with Crippen molar-refractivity contribution in [3.8, 4) is 0 Å². The largest absolute Gasteiger partial charge is 0.407 e. The number of halogens is 4. The minimum atomic E-state index is -4.80. The summed E-state index contributed by atoms with van der Waals surface area (Å²) in [7, 11) is -1.86. The van der Waals surface area contributed by atoms with Gasteiger partial charge in [0.15, 0.2) is 11.3 Å². The molecule has 5 nitrogen and oxygen atoms in total. The lowest BCUT2D eigenvalue weighted by Crippen LogP contribution is -2.44. The van der Waals surface area contributed by atoms with Crippen LogP contribution in [-0.2, 0) is 21.8 Å². The number of anilines is 1. The number of hydrogen-bond donors (Lipinski definition) is 2. The first-order valence-corrected chi connectivity index (χ1v) is 9.02. The summed E-state index contributed by atoms with van der Waals surface area (Å²) in [6, 6.07) is 7.18. The van der Waals surface area contributed by atoms with Gasteiger partial charge in [0.25, 0.3) is 5.91 Å². The fourth-order valence-electron chi connectivity index (χ4n) is 2.19. The third-order valence-electron chi connectivity index (χ3n) is 3.66. The summed E-state index contributed by atoms with van der Waals surface area (Å²) in [6.45, 7) is 7.85. The van der Waals surface area contributed by atoms with Gasteiger partial charge in [-0.3, -0.25) is 9.00 Å². The number of carbonyl (C=O) groups is 1. The van der Waals surface area contributed by atoms with Gasteiger partial charge in [-0.05, 0) is 43.3 Å². The molecular formula is C18H14F4N2O3S. The van der Waals surface area contributed by atoms with Crippen molar-refractivity contribution in [3.05, 3.63) is 65.3 Å². The summed E-state index contributed by atoms with van der Waals surface area (Å²) in [6.07, 6.45) is -4.80. The molecule has 0 fully saturated rings. The van der Waals surface area contributed by atoms with E-state index in [1.165, 1.54) is 12.1 Å². The van der Waals surface area contributed by atoms with Crippen LogP contribution < -0.4 is 5.32 Å². The minimum Gasteiger partial charge on any atom is -0.379 e. The molecule has 0 aliphatic heterocycles. The summed E-state index contributed by atoms with van der Waals surface area (Å²) in [5.41, 5.74) is -4.32. The van der Waals surface area contributed by atoms with Crippen molar-refractivity contribution in [2.24, 2.45) is 0 Å². The van der Waals surface area contributed by atoms with Crippen LogP contribution in [0.1, 0.15) is 12.5 Å². The lowest BCUT2D eigenvalue weighted by molar-refractivity contribution is -0.137. The summed E-state index contributed by atoms with van der Waals surface area (Å²) in [4.78, 5) is 15.2. The maximum Gasteiger partial charge on any atom is 0.407 e. The number of rotatable bonds is 5. The molecule has 1 amide bonds. The van der Waals surface area contributed by atoms with E-state index in [0.717, 1.165) is 31.2 Å². The molecule has 28 heavy (non-hydrogen) atoms. The summed E-state index contributed by atoms with van der Waals surface area (Å²) >= 11 is 0. The van der Waals surface area contributed by atoms with Gasteiger partial charge in [-0.25, -0.2) is 9.24 Å². The quantitative estimate of drug-likeness (QED) is 0.576. The fourth-order valence-corrected chi connectivity index (χ4v) is 3.44. The second-order valence-corrected chi connectivity index (χ2v) is 7.46. The van der Waals surface area contributed by atoms with Gasteiger partial charge >= 0.3 is 6.18 Å². The van der Waals surface area contributed by atoms with E-state index in [1.54, 1.807) is 0 Å². The van der Waals surface area contributed by atoms with E-state index in [-0.39, 0.29) is 10.6 Å². The number of carbonyl (C=O) groups excluding carboxylic acids is 1.